The Morgan fingerprint density at radius 1 is 1.11 bits per heavy atom. The number of ether oxygens (including phenoxy) is 1. The van der Waals surface area contributed by atoms with Crippen LogP contribution in [0, 0.1) is 13.8 Å². The number of hydrogen-bond acceptors (Lipinski definition) is 7. The summed E-state index contributed by atoms with van der Waals surface area (Å²) in [5.41, 5.74) is 3.59. The molecule has 8 heteroatoms. The normalized spacial score (nSPS) is 11.0. The molecule has 0 aliphatic rings. The molecule has 0 bridgehead atoms. The molecule has 7 nitrogen and oxygen atoms in total. The lowest BCUT2D eigenvalue weighted by Crippen LogP contribution is -2.00. The van der Waals surface area contributed by atoms with Crippen molar-refractivity contribution < 1.29 is 9.26 Å². The van der Waals surface area contributed by atoms with E-state index < -0.39 is 0 Å². The Bertz CT molecular complexity index is 1140. The predicted molar refractivity (Wildman–Crippen MR) is 104 cm³/mol. The number of nitrogens with one attached hydrogen (secondary N) is 1. The van der Waals surface area contributed by atoms with Crippen LogP contribution in [0.2, 0.25) is 5.02 Å². The summed E-state index contributed by atoms with van der Waals surface area (Å²) in [4.78, 5) is 13.3. The lowest BCUT2D eigenvalue weighted by Gasteiger charge is -2.15. The number of halogens is 1. The minimum atomic E-state index is 0.367. The van der Waals surface area contributed by atoms with Gasteiger partial charge in [0.05, 0.1) is 24.0 Å². The lowest BCUT2D eigenvalue weighted by atomic mass is 10.1. The molecule has 0 saturated heterocycles. The topological polar surface area (TPSA) is 86.0 Å². The molecule has 0 saturated carbocycles. The summed E-state index contributed by atoms with van der Waals surface area (Å²) in [5.74, 6) is 1.56. The molecule has 1 N–H and O–H groups in total. The van der Waals surface area contributed by atoms with E-state index in [1.165, 1.54) is 0 Å². The van der Waals surface area contributed by atoms with Crippen LogP contribution in [0.1, 0.15) is 11.5 Å². The second-order valence-electron chi connectivity index (χ2n) is 5.99. The molecule has 0 amide bonds. The Labute approximate surface area is 160 Å². The summed E-state index contributed by atoms with van der Waals surface area (Å²) < 4.78 is 10.8. The molecule has 136 valence electrons. The summed E-state index contributed by atoms with van der Waals surface area (Å²) >= 11 is 6.18. The maximum Gasteiger partial charge on any atom is 0.261 e. The van der Waals surface area contributed by atoms with Gasteiger partial charge in [0.1, 0.15) is 5.75 Å². The van der Waals surface area contributed by atoms with Gasteiger partial charge >= 0.3 is 0 Å². The number of anilines is 2. The van der Waals surface area contributed by atoms with Crippen LogP contribution in [0.5, 0.6) is 5.75 Å². The Hall–Kier alpha value is -3.19. The van der Waals surface area contributed by atoms with Crippen LogP contribution in [0.4, 0.5) is 11.4 Å². The Morgan fingerprint density at radius 2 is 1.96 bits per heavy atom. The van der Waals surface area contributed by atoms with E-state index in [1.807, 2.05) is 19.1 Å². The SMILES string of the molecule is COc1ccc(Cl)cc1Nc1c(-c2nc(C)no2)cnc2nc(C)ccc12. The van der Waals surface area contributed by atoms with E-state index in [-0.39, 0.29) is 0 Å². The zero-order chi connectivity index (χ0) is 19.0. The van der Waals surface area contributed by atoms with Gasteiger partial charge in [-0.3, -0.25) is 0 Å². The highest BCUT2D eigenvalue weighted by Crippen LogP contribution is 2.38. The number of aryl methyl sites for hydroxylation is 2. The highest BCUT2D eigenvalue weighted by Gasteiger charge is 2.18. The molecule has 0 unspecified atom stereocenters. The molecule has 0 aliphatic carbocycles. The number of aromatic nitrogens is 4. The summed E-state index contributed by atoms with van der Waals surface area (Å²) in [7, 11) is 1.60. The molecule has 3 heterocycles. The van der Waals surface area contributed by atoms with Gasteiger partial charge in [-0.15, -0.1) is 0 Å². The van der Waals surface area contributed by atoms with Crippen LogP contribution < -0.4 is 10.1 Å². The molecule has 0 aliphatic heterocycles. The van der Waals surface area contributed by atoms with Crippen LogP contribution in [-0.4, -0.2) is 27.2 Å². The maximum atomic E-state index is 6.18. The molecule has 27 heavy (non-hydrogen) atoms. The Morgan fingerprint density at radius 3 is 2.70 bits per heavy atom. The van der Waals surface area contributed by atoms with Gasteiger partial charge in [0, 0.05) is 22.3 Å². The number of rotatable bonds is 4. The van der Waals surface area contributed by atoms with E-state index in [1.54, 1.807) is 38.4 Å². The average Bonchev–Trinajstić information content (AvgIpc) is 3.08. The van der Waals surface area contributed by atoms with Crippen LogP contribution in [0.25, 0.3) is 22.5 Å². The highest BCUT2D eigenvalue weighted by atomic mass is 35.5. The number of fused-ring (bicyclic) bond motifs is 1. The molecule has 0 radical (unpaired) electrons. The average molecular weight is 382 g/mol. The molecule has 0 spiro atoms. The number of nitrogens with zero attached hydrogens (tertiary/aromatic N) is 4. The summed E-state index contributed by atoms with van der Waals surface area (Å²) in [6, 6.07) is 9.23. The molecular weight excluding hydrogens is 366 g/mol. The first kappa shape index (κ1) is 17.2. The van der Waals surface area contributed by atoms with Crippen LogP contribution in [0.15, 0.2) is 41.1 Å². The highest BCUT2D eigenvalue weighted by molar-refractivity contribution is 6.31. The predicted octanol–water partition coefficient (Wildman–Crippen LogP) is 4.70. The quantitative estimate of drug-likeness (QED) is 0.548. The fourth-order valence-corrected chi connectivity index (χ4v) is 2.96. The molecule has 4 aromatic rings. The van der Waals surface area contributed by atoms with Gasteiger partial charge in [-0.25, -0.2) is 9.97 Å². The third-order valence-electron chi connectivity index (χ3n) is 4.05. The zero-order valence-electron chi connectivity index (χ0n) is 14.9. The van der Waals surface area contributed by atoms with E-state index in [0.717, 1.165) is 16.8 Å². The van der Waals surface area contributed by atoms with Gasteiger partial charge in [-0.05, 0) is 44.2 Å². The Balaban J connectivity index is 1.95. The molecule has 0 atom stereocenters. The fraction of sp³-hybridized carbons (Fsp3) is 0.158. The van der Waals surface area contributed by atoms with Crippen molar-refractivity contribution in [3.05, 3.63) is 53.1 Å². The first-order chi connectivity index (χ1) is 13.0. The van der Waals surface area contributed by atoms with Crippen LogP contribution >= 0.6 is 11.6 Å². The van der Waals surface area contributed by atoms with Gasteiger partial charge in [-0.1, -0.05) is 16.8 Å². The molecule has 4 rings (SSSR count). The van der Waals surface area contributed by atoms with Gasteiger partial charge < -0.3 is 14.6 Å². The van der Waals surface area contributed by atoms with E-state index in [4.69, 9.17) is 20.9 Å². The molecule has 0 fully saturated rings. The van der Waals surface area contributed by atoms with Crippen molar-refractivity contribution in [2.45, 2.75) is 13.8 Å². The van der Waals surface area contributed by atoms with Crippen molar-refractivity contribution in [2.24, 2.45) is 0 Å². The number of pyridine rings is 2. The fourth-order valence-electron chi connectivity index (χ4n) is 2.79. The summed E-state index contributed by atoms with van der Waals surface area (Å²) in [6.45, 7) is 3.68. The Kier molecular flexibility index (Phi) is 4.37. The van der Waals surface area contributed by atoms with Gasteiger partial charge in [0.15, 0.2) is 11.5 Å². The smallest absolute Gasteiger partial charge is 0.261 e. The third-order valence-corrected chi connectivity index (χ3v) is 4.28. The summed E-state index contributed by atoms with van der Waals surface area (Å²) in [6.07, 6.45) is 1.67. The van der Waals surface area contributed by atoms with Crippen LogP contribution in [-0.2, 0) is 0 Å². The van der Waals surface area contributed by atoms with Crippen molar-refractivity contribution in [1.29, 1.82) is 0 Å². The van der Waals surface area contributed by atoms with E-state index >= 15 is 0 Å². The number of hydrogen-bond donors (Lipinski definition) is 1. The second kappa shape index (κ2) is 6.85. The first-order valence-electron chi connectivity index (χ1n) is 8.23. The van der Waals surface area contributed by atoms with Crippen molar-refractivity contribution in [2.75, 3.05) is 12.4 Å². The molecule has 1 aromatic carbocycles. The van der Waals surface area contributed by atoms with Gasteiger partial charge in [0.25, 0.3) is 5.89 Å². The maximum absolute atomic E-state index is 6.18. The van der Waals surface area contributed by atoms with Crippen molar-refractivity contribution in [1.82, 2.24) is 20.1 Å². The van der Waals surface area contributed by atoms with Gasteiger partial charge in [-0.2, -0.15) is 4.98 Å². The third kappa shape index (κ3) is 3.29. The van der Waals surface area contributed by atoms with Crippen molar-refractivity contribution in [3.8, 4) is 17.2 Å². The number of benzene rings is 1. The lowest BCUT2D eigenvalue weighted by molar-refractivity contribution is 0.417. The van der Waals surface area contributed by atoms with E-state index in [2.05, 4.69) is 25.4 Å². The van der Waals surface area contributed by atoms with E-state index in [0.29, 0.717) is 39.4 Å². The van der Waals surface area contributed by atoms with E-state index in [9.17, 15) is 0 Å². The second-order valence-corrected chi connectivity index (χ2v) is 6.42. The number of methoxy groups -OCH3 is 1. The van der Waals surface area contributed by atoms with Crippen LogP contribution in [0.3, 0.4) is 0 Å². The van der Waals surface area contributed by atoms with Crippen molar-refractivity contribution >= 4 is 34.0 Å². The summed E-state index contributed by atoms with van der Waals surface area (Å²) in [5, 5.41) is 8.67. The minimum absolute atomic E-state index is 0.367. The standard InChI is InChI=1S/C19H16ClN5O2/c1-10-4-6-13-17(24-15-8-12(20)5-7-16(15)26-3)14(9-21-18(13)22-10)19-23-11(2)25-27-19/h4-9H,1-3H3,(H,21,22,24). The van der Waals surface area contributed by atoms with Crippen molar-refractivity contribution in [3.63, 3.8) is 0 Å². The zero-order valence-corrected chi connectivity index (χ0v) is 15.7. The first-order valence-corrected chi connectivity index (χ1v) is 8.60. The van der Waals surface area contributed by atoms with Gasteiger partial charge in [0.2, 0.25) is 0 Å². The minimum Gasteiger partial charge on any atom is -0.495 e. The molecular formula is C19H16ClN5O2. The largest absolute Gasteiger partial charge is 0.495 e. The molecule has 3 aromatic heterocycles. The monoisotopic (exact) mass is 381 g/mol.